The van der Waals surface area contributed by atoms with Gasteiger partial charge in [0.15, 0.2) is 0 Å². The molecule has 130 valence electrons. The Bertz CT molecular complexity index is 529. The Balaban J connectivity index is 0. The van der Waals surface area contributed by atoms with Crippen LogP contribution in [0, 0.1) is 5.41 Å². The molecule has 0 fully saturated rings. The molecule has 1 amide bonds. The highest BCUT2D eigenvalue weighted by atomic mass is 19.4. The van der Waals surface area contributed by atoms with Gasteiger partial charge in [0.2, 0.25) is 5.91 Å². The minimum Gasteiger partial charge on any atom is -0.478 e. The second-order valence-corrected chi connectivity index (χ2v) is 3.59. The minimum absolute atomic E-state index is 0.0554. The smallest absolute Gasteiger partial charge is 0.429 e. The minimum atomic E-state index is -4.85. The molecule has 0 saturated heterocycles. The number of rotatable bonds is 4. The van der Waals surface area contributed by atoms with Crippen molar-refractivity contribution >= 4 is 23.3 Å². The van der Waals surface area contributed by atoms with Crippen LogP contribution in [-0.4, -0.2) is 28.9 Å². The van der Waals surface area contributed by atoms with Gasteiger partial charge in [0.25, 0.3) is 0 Å². The number of aromatic carboxylic acids is 1. The molecule has 0 aliphatic rings. The number of alkyl halides is 3. The Morgan fingerprint density at radius 1 is 1.17 bits per heavy atom. The molecule has 0 heterocycles. The van der Waals surface area contributed by atoms with Crippen LogP contribution in [0.2, 0.25) is 0 Å². The van der Waals surface area contributed by atoms with E-state index in [1.807, 2.05) is 27.7 Å². The molecule has 0 aliphatic heterocycles. The second-order valence-electron chi connectivity index (χ2n) is 3.59. The van der Waals surface area contributed by atoms with E-state index in [9.17, 15) is 22.8 Å². The number of carboxylic acid groups (broad SMARTS) is 1. The Morgan fingerprint density at radius 3 is 2.13 bits per heavy atom. The SMILES string of the molecule is CC.CC.N=C(CC(=O)Nc1cccc(C(=O)O)c1)C(F)(F)F. The lowest BCUT2D eigenvalue weighted by Crippen LogP contribution is -2.27. The zero-order valence-electron chi connectivity index (χ0n) is 13.4. The second kappa shape index (κ2) is 11.2. The molecule has 0 atom stereocenters. The van der Waals surface area contributed by atoms with Gasteiger partial charge < -0.3 is 15.8 Å². The number of carbonyl (C=O) groups is 2. The van der Waals surface area contributed by atoms with Crippen LogP contribution in [-0.2, 0) is 4.79 Å². The molecular weight excluding hydrogens is 313 g/mol. The fraction of sp³-hybridized carbons (Fsp3) is 0.400. The molecule has 1 rings (SSSR count). The third-order valence-corrected chi connectivity index (χ3v) is 2.07. The fourth-order valence-corrected chi connectivity index (χ4v) is 1.20. The first-order chi connectivity index (χ1) is 10.7. The third-order valence-electron chi connectivity index (χ3n) is 2.07. The first-order valence-corrected chi connectivity index (χ1v) is 6.98. The van der Waals surface area contributed by atoms with Crippen molar-refractivity contribution in [2.75, 3.05) is 5.32 Å². The Hall–Kier alpha value is -2.38. The van der Waals surface area contributed by atoms with Crippen molar-refractivity contribution in [2.24, 2.45) is 0 Å². The summed E-state index contributed by atoms with van der Waals surface area (Å²) in [6.07, 6.45) is -5.97. The van der Waals surface area contributed by atoms with Gasteiger partial charge in [-0.15, -0.1) is 0 Å². The predicted molar refractivity (Wildman–Crippen MR) is 83.1 cm³/mol. The lowest BCUT2D eigenvalue weighted by atomic mass is 10.2. The Morgan fingerprint density at radius 2 is 1.70 bits per heavy atom. The van der Waals surface area contributed by atoms with E-state index in [-0.39, 0.29) is 11.3 Å². The number of benzene rings is 1. The number of hydrogen-bond donors (Lipinski definition) is 3. The van der Waals surface area contributed by atoms with Crippen molar-refractivity contribution in [3.63, 3.8) is 0 Å². The predicted octanol–water partition coefficient (Wildman–Crippen LogP) is 4.35. The molecule has 3 N–H and O–H groups in total. The summed E-state index contributed by atoms with van der Waals surface area (Å²) in [5, 5.41) is 17.5. The summed E-state index contributed by atoms with van der Waals surface area (Å²) in [6, 6.07) is 5.06. The summed E-state index contributed by atoms with van der Waals surface area (Å²) < 4.78 is 36.1. The molecule has 0 aliphatic carbocycles. The molecule has 0 unspecified atom stereocenters. The van der Waals surface area contributed by atoms with Crippen molar-refractivity contribution < 1.29 is 27.9 Å². The molecule has 0 radical (unpaired) electrons. The van der Waals surface area contributed by atoms with Crippen LogP contribution < -0.4 is 5.32 Å². The Labute approximate surface area is 133 Å². The van der Waals surface area contributed by atoms with E-state index in [2.05, 4.69) is 5.32 Å². The standard InChI is InChI=1S/C11H9F3N2O3.2C2H6/c12-11(13,14)8(15)5-9(17)16-7-3-1-2-6(4-7)10(18)19;2*1-2/h1-4,15H,5H2,(H,16,17)(H,18,19);2*1-2H3. The summed E-state index contributed by atoms with van der Waals surface area (Å²) in [4.78, 5) is 21.9. The summed E-state index contributed by atoms with van der Waals surface area (Å²) in [5.41, 5.74) is -1.72. The number of hydrogen-bond acceptors (Lipinski definition) is 3. The van der Waals surface area contributed by atoms with Crippen LogP contribution in [0.5, 0.6) is 0 Å². The van der Waals surface area contributed by atoms with Gasteiger partial charge in [-0.05, 0) is 18.2 Å². The highest BCUT2D eigenvalue weighted by Crippen LogP contribution is 2.19. The van der Waals surface area contributed by atoms with E-state index in [1.54, 1.807) is 0 Å². The normalized spacial score (nSPS) is 9.52. The van der Waals surface area contributed by atoms with Gasteiger partial charge >= 0.3 is 12.1 Å². The molecule has 0 saturated carbocycles. The van der Waals surface area contributed by atoms with E-state index in [0.29, 0.717) is 0 Å². The van der Waals surface area contributed by atoms with E-state index >= 15 is 0 Å². The fourth-order valence-electron chi connectivity index (χ4n) is 1.20. The number of halogens is 3. The maximum atomic E-state index is 12.0. The highest BCUT2D eigenvalue weighted by molar-refractivity contribution is 6.07. The highest BCUT2D eigenvalue weighted by Gasteiger charge is 2.35. The van der Waals surface area contributed by atoms with Crippen molar-refractivity contribution in [3.8, 4) is 0 Å². The van der Waals surface area contributed by atoms with Crippen molar-refractivity contribution in [1.82, 2.24) is 0 Å². The van der Waals surface area contributed by atoms with Crippen LogP contribution in [0.1, 0.15) is 44.5 Å². The van der Waals surface area contributed by atoms with Crippen LogP contribution in [0.4, 0.5) is 18.9 Å². The molecule has 1 aromatic carbocycles. The molecule has 5 nitrogen and oxygen atoms in total. The van der Waals surface area contributed by atoms with E-state index in [1.165, 1.54) is 18.2 Å². The van der Waals surface area contributed by atoms with Crippen molar-refractivity contribution in [2.45, 2.75) is 40.3 Å². The maximum absolute atomic E-state index is 12.0. The van der Waals surface area contributed by atoms with E-state index in [4.69, 9.17) is 10.5 Å². The summed E-state index contributed by atoms with van der Waals surface area (Å²) in [5.74, 6) is -2.26. The topological polar surface area (TPSA) is 90.3 Å². The van der Waals surface area contributed by atoms with Gasteiger partial charge in [-0.2, -0.15) is 13.2 Å². The maximum Gasteiger partial charge on any atom is 0.429 e. The molecule has 23 heavy (non-hydrogen) atoms. The van der Waals surface area contributed by atoms with Gasteiger partial charge in [-0.25, -0.2) is 4.79 Å². The molecule has 8 heteroatoms. The lowest BCUT2D eigenvalue weighted by Gasteiger charge is -2.09. The van der Waals surface area contributed by atoms with Crippen LogP contribution in [0.25, 0.3) is 0 Å². The largest absolute Gasteiger partial charge is 0.478 e. The monoisotopic (exact) mass is 334 g/mol. The molecular formula is C15H21F3N2O3. The summed E-state index contributed by atoms with van der Waals surface area (Å²) >= 11 is 0. The van der Waals surface area contributed by atoms with Crippen molar-refractivity contribution in [1.29, 1.82) is 5.41 Å². The average molecular weight is 334 g/mol. The van der Waals surface area contributed by atoms with E-state index in [0.717, 1.165) is 6.07 Å². The first kappa shape index (κ1) is 22.9. The first-order valence-electron chi connectivity index (χ1n) is 6.98. The number of anilines is 1. The van der Waals surface area contributed by atoms with Crippen LogP contribution in [0.15, 0.2) is 24.3 Å². The summed E-state index contributed by atoms with van der Waals surface area (Å²) in [7, 11) is 0. The van der Waals surface area contributed by atoms with Gasteiger partial charge in [0, 0.05) is 5.69 Å². The van der Waals surface area contributed by atoms with Gasteiger partial charge in [0.05, 0.1) is 12.0 Å². The zero-order chi connectivity index (χ0) is 18.6. The number of carboxylic acids is 1. The summed E-state index contributed by atoms with van der Waals surface area (Å²) in [6.45, 7) is 8.00. The van der Waals surface area contributed by atoms with Crippen molar-refractivity contribution in [3.05, 3.63) is 29.8 Å². The third kappa shape index (κ3) is 9.28. The van der Waals surface area contributed by atoms with Gasteiger partial charge in [-0.1, -0.05) is 33.8 Å². The molecule has 0 spiro atoms. The number of nitrogens with one attached hydrogen (secondary N) is 2. The number of amides is 1. The Kier molecular flexibility index (Phi) is 11.2. The van der Waals surface area contributed by atoms with Crippen LogP contribution >= 0.6 is 0 Å². The lowest BCUT2D eigenvalue weighted by molar-refractivity contribution is -0.116. The molecule has 0 aromatic heterocycles. The van der Waals surface area contributed by atoms with Gasteiger partial charge in [0.1, 0.15) is 5.71 Å². The van der Waals surface area contributed by atoms with Gasteiger partial charge in [-0.3, -0.25) is 4.79 Å². The average Bonchev–Trinajstić information content (AvgIpc) is 2.50. The molecule has 1 aromatic rings. The van der Waals surface area contributed by atoms with Crippen LogP contribution in [0.3, 0.4) is 0 Å². The molecule has 0 bridgehead atoms. The zero-order valence-corrected chi connectivity index (χ0v) is 13.4. The number of carbonyl (C=O) groups excluding carboxylic acids is 1. The van der Waals surface area contributed by atoms with E-state index < -0.39 is 30.2 Å². The quantitative estimate of drug-likeness (QED) is 0.715.